The Kier molecular flexibility index (Phi) is 5.68. The molecule has 0 radical (unpaired) electrons. The molecule has 0 aliphatic carbocycles. The highest BCUT2D eigenvalue weighted by Crippen LogP contribution is 2.38. The van der Waals surface area contributed by atoms with Crippen molar-refractivity contribution < 1.29 is 19.0 Å². The van der Waals surface area contributed by atoms with Crippen molar-refractivity contribution in [1.82, 2.24) is 0 Å². The molecule has 2 aromatic rings. The standard InChI is InChI=1S/C19H23NO4/c1-12-6-13(2)8-15(7-12)20-18(21)11-14-9-16(22-3)19(24-5)17(10-14)23-4/h6-10H,11H2,1-5H3,(H,20,21). The SMILES string of the molecule is COc1cc(CC(=O)Nc2cc(C)cc(C)c2)cc(OC)c1OC. The van der Waals surface area contributed by atoms with Gasteiger partial charge in [0, 0.05) is 5.69 Å². The summed E-state index contributed by atoms with van der Waals surface area (Å²) in [6, 6.07) is 9.51. The second kappa shape index (κ2) is 7.73. The first-order valence-corrected chi connectivity index (χ1v) is 7.64. The summed E-state index contributed by atoms with van der Waals surface area (Å²) in [4.78, 5) is 12.3. The zero-order chi connectivity index (χ0) is 17.7. The van der Waals surface area contributed by atoms with Gasteiger partial charge in [0.2, 0.25) is 11.7 Å². The molecular weight excluding hydrogens is 306 g/mol. The zero-order valence-corrected chi connectivity index (χ0v) is 14.7. The first kappa shape index (κ1) is 17.7. The largest absolute Gasteiger partial charge is 0.493 e. The predicted molar refractivity (Wildman–Crippen MR) is 94.3 cm³/mol. The van der Waals surface area contributed by atoms with Crippen LogP contribution in [0.15, 0.2) is 30.3 Å². The average molecular weight is 329 g/mol. The minimum atomic E-state index is -0.103. The lowest BCUT2D eigenvalue weighted by molar-refractivity contribution is -0.115. The van der Waals surface area contributed by atoms with Crippen molar-refractivity contribution in [1.29, 1.82) is 0 Å². The fourth-order valence-corrected chi connectivity index (χ4v) is 2.67. The van der Waals surface area contributed by atoms with Crippen LogP contribution in [0.1, 0.15) is 16.7 Å². The summed E-state index contributed by atoms with van der Waals surface area (Å²) in [5.41, 5.74) is 3.80. The van der Waals surface area contributed by atoms with Crippen LogP contribution in [0.4, 0.5) is 5.69 Å². The first-order chi connectivity index (χ1) is 11.5. The molecule has 1 N–H and O–H groups in total. The molecule has 0 unspecified atom stereocenters. The predicted octanol–water partition coefficient (Wildman–Crippen LogP) is 3.51. The van der Waals surface area contributed by atoms with Crippen LogP contribution in [0.5, 0.6) is 17.2 Å². The van der Waals surface area contributed by atoms with Crippen LogP contribution in [0.3, 0.4) is 0 Å². The Hall–Kier alpha value is -2.69. The van der Waals surface area contributed by atoms with Gasteiger partial charge in [0.05, 0.1) is 27.8 Å². The highest BCUT2D eigenvalue weighted by molar-refractivity contribution is 5.92. The van der Waals surface area contributed by atoms with E-state index in [4.69, 9.17) is 14.2 Å². The number of ether oxygens (including phenoxy) is 3. The van der Waals surface area contributed by atoms with Gasteiger partial charge in [0.25, 0.3) is 0 Å². The number of benzene rings is 2. The van der Waals surface area contributed by atoms with Gasteiger partial charge in [0.15, 0.2) is 11.5 Å². The monoisotopic (exact) mass is 329 g/mol. The molecule has 24 heavy (non-hydrogen) atoms. The van der Waals surface area contributed by atoms with Crippen LogP contribution in [0.2, 0.25) is 0 Å². The maximum Gasteiger partial charge on any atom is 0.228 e. The highest BCUT2D eigenvalue weighted by atomic mass is 16.5. The van der Waals surface area contributed by atoms with E-state index >= 15 is 0 Å². The average Bonchev–Trinajstić information content (AvgIpc) is 2.52. The quantitative estimate of drug-likeness (QED) is 0.881. The van der Waals surface area contributed by atoms with E-state index in [1.807, 2.05) is 26.0 Å². The van der Waals surface area contributed by atoms with Crippen molar-refractivity contribution in [3.63, 3.8) is 0 Å². The molecule has 2 rings (SSSR count). The highest BCUT2D eigenvalue weighted by Gasteiger charge is 2.15. The van der Waals surface area contributed by atoms with E-state index in [1.54, 1.807) is 33.5 Å². The number of carbonyl (C=O) groups excluding carboxylic acids is 1. The minimum absolute atomic E-state index is 0.103. The molecule has 0 aliphatic rings. The number of aryl methyl sites for hydroxylation is 2. The molecule has 0 bridgehead atoms. The fraction of sp³-hybridized carbons (Fsp3) is 0.316. The summed E-state index contributed by atoms with van der Waals surface area (Å²) in [7, 11) is 4.65. The summed E-state index contributed by atoms with van der Waals surface area (Å²) in [6.07, 6.45) is 0.212. The Labute approximate surface area is 142 Å². The van der Waals surface area contributed by atoms with Crippen molar-refractivity contribution in [3.05, 3.63) is 47.0 Å². The molecule has 128 valence electrons. The molecule has 0 aliphatic heterocycles. The first-order valence-electron chi connectivity index (χ1n) is 7.64. The summed E-state index contributed by atoms with van der Waals surface area (Å²) in [5, 5.41) is 2.92. The lowest BCUT2D eigenvalue weighted by atomic mass is 10.1. The summed E-state index contributed by atoms with van der Waals surface area (Å²) >= 11 is 0. The maximum absolute atomic E-state index is 12.3. The molecule has 0 aromatic heterocycles. The van der Waals surface area contributed by atoms with Crippen molar-refractivity contribution in [2.75, 3.05) is 26.6 Å². The van der Waals surface area contributed by atoms with E-state index in [1.165, 1.54) is 0 Å². The van der Waals surface area contributed by atoms with Crippen molar-refractivity contribution in [3.8, 4) is 17.2 Å². The number of amides is 1. The number of rotatable bonds is 6. The van der Waals surface area contributed by atoms with Gasteiger partial charge in [-0.1, -0.05) is 6.07 Å². The lowest BCUT2D eigenvalue weighted by Crippen LogP contribution is -2.14. The third-order valence-corrected chi connectivity index (χ3v) is 3.59. The van der Waals surface area contributed by atoms with Crippen molar-refractivity contribution in [2.45, 2.75) is 20.3 Å². The van der Waals surface area contributed by atoms with E-state index in [-0.39, 0.29) is 12.3 Å². The Morgan fingerprint density at radius 1 is 0.875 bits per heavy atom. The van der Waals surface area contributed by atoms with Crippen LogP contribution in [-0.2, 0) is 11.2 Å². The summed E-state index contributed by atoms with van der Waals surface area (Å²) in [5.74, 6) is 1.48. The van der Waals surface area contributed by atoms with Gasteiger partial charge in [-0.2, -0.15) is 0 Å². The lowest BCUT2D eigenvalue weighted by Gasteiger charge is -2.14. The van der Waals surface area contributed by atoms with E-state index in [9.17, 15) is 4.79 Å². The van der Waals surface area contributed by atoms with Crippen LogP contribution >= 0.6 is 0 Å². The second-order valence-electron chi connectivity index (χ2n) is 5.63. The van der Waals surface area contributed by atoms with Gasteiger partial charge in [0.1, 0.15) is 0 Å². The van der Waals surface area contributed by atoms with Crippen LogP contribution in [0, 0.1) is 13.8 Å². The van der Waals surface area contributed by atoms with Crippen LogP contribution < -0.4 is 19.5 Å². The van der Waals surface area contributed by atoms with E-state index in [0.717, 1.165) is 22.4 Å². The third-order valence-electron chi connectivity index (χ3n) is 3.59. The molecule has 0 saturated carbocycles. The molecule has 1 amide bonds. The molecular formula is C19H23NO4. The summed E-state index contributed by atoms with van der Waals surface area (Å²) < 4.78 is 15.9. The molecule has 5 heteroatoms. The Bertz CT molecular complexity index is 695. The Morgan fingerprint density at radius 2 is 1.42 bits per heavy atom. The number of anilines is 1. The van der Waals surface area contributed by atoms with Crippen molar-refractivity contribution in [2.24, 2.45) is 0 Å². The molecule has 5 nitrogen and oxygen atoms in total. The van der Waals surface area contributed by atoms with Gasteiger partial charge >= 0.3 is 0 Å². The number of methoxy groups -OCH3 is 3. The number of nitrogens with one attached hydrogen (secondary N) is 1. The Morgan fingerprint density at radius 3 is 1.88 bits per heavy atom. The van der Waals surface area contributed by atoms with E-state index in [2.05, 4.69) is 11.4 Å². The normalized spacial score (nSPS) is 10.2. The second-order valence-corrected chi connectivity index (χ2v) is 5.63. The number of carbonyl (C=O) groups is 1. The van der Waals surface area contributed by atoms with E-state index < -0.39 is 0 Å². The van der Waals surface area contributed by atoms with E-state index in [0.29, 0.717) is 17.2 Å². The molecule has 0 saturated heterocycles. The smallest absolute Gasteiger partial charge is 0.228 e. The van der Waals surface area contributed by atoms with Gasteiger partial charge in [-0.3, -0.25) is 4.79 Å². The molecule has 0 spiro atoms. The summed E-state index contributed by atoms with van der Waals surface area (Å²) in [6.45, 7) is 4.00. The minimum Gasteiger partial charge on any atom is -0.493 e. The van der Waals surface area contributed by atoms with Gasteiger partial charge < -0.3 is 19.5 Å². The van der Waals surface area contributed by atoms with Crippen molar-refractivity contribution >= 4 is 11.6 Å². The topological polar surface area (TPSA) is 56.8 Å². The number of hydrogen-bond donors (Lipinski definition) is 1. The number of hydrogen-bond acceptors (Lipinski definition) is 4. The van der Waals surface area contributed by atoms with Gasteiger partial charge in [-0.05, 0) is 54.8 Å². The molecule has 0 atom stereocenters. The van der Waals surface area contributed by atoms with Crippen LogP contribution in [-0.4, -0.2) is 27.2 Å². The maximum atomic E-state index is 12.3. The third kappa shape index (κ3) is 4.19. The molecule has 0 heterocycles. The van der Waals surface area contributed by atoms with Crippen LogP contribution in [0.25, 0.3) is 0 Å². The Balaban J connectivity index is 2.19. The molecule has 2 aromatic carbocycles. The molecule has 0 fully saturated rings. The zero-order valence-electron chi connectivity index (χ0n) is 14.7. The van der Waals surface area contributed by atoms with Gasteiger partial charge in [-0.15, -0.1) is 0 Å². The fourth-order valence-electron chi connectivity index (χ4n) is 2.67. The van der Waals surface area contributed by atoms with Gasteiger partial charge in [-0.25, -0.2) is 0 Å².